The third-order valence-electron chi connectivity index (χ3n) is 4.81. The lowest BCUT2D eigenvalue weighted by molar-refractivity contribution is 0.0729. The smallest absolute Gasteiger partial charge is 0.347 e. The number of halogens is 1. The highest BCUT2D eigenvalue weighted by Gasteiger charge is 2.25. The number of para-hydroxylation sites is 1. The number of ether oxygens (including phenoxy) is 2. The fourth-order valence-corrected chi connectivity index (χ4v) is 3.49. The number of hydrogen-bond donors (Lipinski definition) is 0. The van der Waals surface area contributed by atoms with Crippen molar-refractivity contribution < 1.29 is 14.3 Å². The summed E-state index contributed by atoms with van der Waals surface area (Å²) in [6, 6.07) is 10.9. The van der Waals surface area contributed by atoms with Crippen molar-refractivity contribution in [1.82, 2.24) is 0 Å². The van der Waals surface area contributed by atoms with Gasteiger partial charge in [0.05, 0.1) is 11.6 Å². The van der Waals surface area contributed by atoms with Gasteiger partial charge in [0.1, 0.15) is 17.1 Å². The molecule has 0 saturated heterocycles. The number of benzene rings is 2. The lowest BCUT2D eigenvalue weighted by Gasteiger charge is -2.19. The van der Waals surface area contributed by atoms with E-state index in [-0.39, 0.29) is 0 Å². The third kappa shape index (κ3) is 4.74. The lowest BCUT2D eigenvalue weighted by atomic mass is 9.96. The second kappa shape index (κ2) is 9.74. The van der Waals surface area contributed by atoms with Crippen molar-refractivity contribution in [3.63, 3.8) is 0 Å². The molecule has 1 aliphatic heterocycles. The number of nitrogens with zero attached hydrogens (tertiary/aromatic N) is 1. The van der Waals surface area contributed by atoms with Crippen LogP contribution in [0.2, 0.25) is 5.02 Å². The molecule has 1 aliphatic rings. The summed E-state index contributed by atoms with van der Waals surface area (Å²) >= 11 is 6.67. The van der Waals surface area contributed by atoms with Gasteiger partial charge in [0.2, 0.25) is 0 Å². The van der Waals surface area contributed by atoms with Crippen LogP contribution >= 0.6 is 11.6 Å². The average molecular weight is 400 g/mol. The Morgan fingerprint density at radius 1 is 1.21 bits per heavy atom. The summed E-state index contributed by atoms with van der Waals surface area (Å²) in [5, 5.41) is 0.545. The lowest BCUT2D eigenvalue weighted by Crippen LogP contribution is -2.16. The first kappa shape index (κ1) is 20.4. The summed E-state index contributed by atoms with van der Waals surface area (Å²) in [6.45, 7) is 5.29. The average Bonchev–Trinajstić information content (AvgIpc) is 2.72. The number of unbranched alkanes of at least 4 members (excludes halogenated alkanes) is 1. The van der Waals surface area contributed by atoms with Gasteiger partial charge in [-0.1, -0.05) is 43.1 Å². The molecule has 1 heterocycles. The van der Waals surface area contributed by atoms with Crippen LogP contribution in [0.1, 0.15) is 60.5 Å². The summed E-state index contributed by atoms with van der Waals surface area (Å²) in [5.41, 5.74) is 2.90. The maximum atomic E-state index is 12.9. The van der Waals surface area contributed by atoms with E-state index in [0.29, 0.717) is 34.3 Å². The van der Waals surface area contributed by atoms with E-state index in [9.17, 15) is 4.79 Å². The summed E-state index contributed by atoms with van der Waals surface area (Å²) in [7, 11) is 0. The summed E-state index contributed by atoms with van der Waals surface area (Å²) in [4.78, 5) is 17.6. The van der Waals surface area contributed by atoms with E-state index in [2.05, 4.69) is 11.9 Å². The first-order valence-electron chi connectivity index (χ1n) is 9.88. The summed E-state index contributed by atoms with van der Waals surface area (Å²) in [5.74, 6) is 0.539. The van der Waals surface area contributed by atoms with Crippen molar-refractivity contribution in [3.05, 3.63) is 58.1 Å². The Morgan fingerprint density at radius 3 is 2.68 bits per heavy atom. The number of aliphatic imine (C=N–C) groups is 1. The molecule has 5 heteroatoms. The molecule has 2 aromatic rings. The van der Waals surface area contributed by atoms with Crippen LogP contribution in [0.4, 0.5) is 0 Å². The third-order valence-corrected chi connectivity index (χ3v) is 5.30. The molecule has 2 aromatic carbocycles. The van der Waals surface area contributed by atoms with E-state index in [0.717, 1.165) is 49.9 Å². The molecule has 0 radical (unpaired) electrons. The van der Waals surface area contributed by atoms with Crippen LogP contribution in [0.5, 0.6) is 11.5 Å². The van der Waals surface area contributed by atoms with E-state index >= 15 is 0 Å². The largest absolute Gasteiger partial charge is 0.493 e. The minimum atomic E-state index is -0.464. The van der Waals surface area contributed by atoms with Gasteiger partial charge >= 0.3 is 5.97 Å². The van der Waals surface area contributed by atoms with Crippen LogP contribution in [-0.2, 0) is 0 Å². The van der Waals surface area contributed by atoms with E-state index in [1.165, 1.54) is 0 Å². The number of esters is 1. The van der Waals surface area contributed by atoms with Gasteiger partial charge in [0, 0.05) is 17.8 Å². The second-order valence-corrected chi connectivity index (χ2v) is 7.30. The normalized spacial score (nSPS) is 13.8. The quantitative estimate of drug-likeness (QED) is 0.325. The Morgan fingerprint density at radius 2 is 2.00 bits per heavy atom. The van der Waals surface area contributed by atoms with Crippen LogP contribution < -0.4 is 9.47 Å². The van der Waals surface area contributed by atoms with Crippen molar-refractivity contribution >= 4 is 23.3 Å². The minimum absolute atomic E-state index is 0.380. The summed E-state index contributed by atoms with van der Waals surface area (Å²) in [6.07, 6.45) is 5.00. The van der Waals surface area contributed by atoms with Gasteiger partial charge < -0.3 is 9.47 Å². The molecule has 0 bridgehead atoms. The molecule has 0 spiro atoms. The minimum Gasteiger partial charge on any atom is -0.493 e. The van der Waals surface area contributed by atoms with Gasteiger partial charge in [0.25, 0.3) is 0 Å². The van der Waals surface area contributed by atoms with Gasteiger partial charge in [-0.15, -0.1) is 0 Å². The van der Waals surface area contributed by atoms with Crippen molar-refractivity contribution in [2.75, 3.05) is 13.2 Å². The van der Waals surface area contributed by atoms with Crippen LogP contribution in [0, 0.1) is 6.92 Å². The topological polar surface area (TPSA) is 47.9 Å². The van der Waals surface area contributed by atoms with Crippen LogP contribution in [0.15, 0.2) is 41.4 Å². The Labute approximate surface area is 171 Å². The van der Waals surface area contributed by atoms with Crippen LogP contribution in [0.25, 0.3) is 0 Å². The first-order chi connectivity index (χ1) is 13.6. The highest BCUT2D eigenvalue weighted by molar-refractivity contribution is 6.35. The number of rotatable bonds is 7. The number of hydrogen-bond acceptors (Lipinski definition) is 4. The molecular weight excluding hydrogens is 374 g/mol. The number of carbonyl (C=O) groups excluding carboxylic acids is 1. The van der Waals surface area contributed by atoms with E-state index < -0.39 is 5.97 Å². The molecule has 28 heavy (non-hydrogen) atoms. The van der Waals surface area contributed by atoms with E-state index in [4.69, 9.17) is 21.1 Å². The zero-order valence-corrected chi connectivity index (χ0v) is 17.2. The van der Waals surface area contributed by atoms with Crippen LogP contribution in [-0.4, -0.2) is 24.8 Å². The zero-order valence-electron chi connectivity index (χ0n) is 16.5. The number of carbonyl (C=O) groups is 1. The van der Waals surface area contributed by atoms with Gasteiger partial charge in [-0.25, -0.2) is 4.79 Å². The maximum Gasteiger partial charge on any atom is 0.347 e. The van der Waals surface area contributed by atoms with E-state index in [1.807, 2.05) is 31.2 Å². The zero-order chi connectivity index (χ0) is 19.9. The van der Waals surface area contributed by atoms with Gasteiger partial charge in [-0.05, 0) is 56.4 Å². The Bertz CT molecular complexity index is 862. The molecule has 0 fully saturated rings. The molecule has 0 saturated carbocycles. The van der Waals surface area contributed by atoms with Gasteiger partial charge in [0.15, 0.2) is 0 Å². The Balaban J connectivity index is 2.00. The molecule has 3 rings (SSSR count). The molecule has 0 aromatic heterocycles. The molecule has 0 amide bonds. The SMILES string of the molecule is CCCCOc1cc(C2=NCCCC2)c(Cl)c(C)c1C(=O)Oc1ccccc1. The fraction of sp³-hybridized carbons (Fsp3) is 0.391. The second-order valence-electron chi connectivity index (χ2n) is 6.93. The Kier molecular flexibility index (Phi) is 7.10. The van der Waals surface area contributed by atoms with Gasteiger partial charge in [-0.3, -0.25) is 4.99 Å². The standard InChI is InChI=1S/C23H26ClNO3/c1-3-4-14-27-20-15-18(19-12-8-9-13-25-19)22(24)16(2)21(20)23(26)28-17-10-6-5-7-11-17/h5-7,10-11,15H,3-4,8-9,12-14H2,1-2H3. The Hall–Kier alpha value is -2.33. The predicted octanol–water partition coefficient (Wildman–Crippen LogP) is 6.02. The molecular formula is C23H26ClNO3. The highest BCUT2D eigenvalue weighted by Crippen LogP contribution is 2.35. The first-order valence-corrected chi connectivity index (χ1v) is 10.3. The highest BCUT2D eigenvalue weighted by atomic mass is 35.5. The molecule has 148 valence electrons. The molecule has 0 unspecified atom stereocenters. The maximum absolute atomic E-state index is 12.9. The summed E-state index contributed by atoms with van der Waals surface area (Å²) < 4.78 is 11.6. The monoisotopic (exact) mass is 399 g/mol. The van der Waals surface area contributed by atoms with Crippen molar-refractivity contribution in [3.8, 4) is 11.5 Å². The van der Waals surface area contributed by atoms with Crippen LogP contribution in [0.3, 0.4) is 0 Å². The van der Waals surface area contributed by atoms with Crippen molar-refractivity contribution in [2.45, 2.75) is 46.0 Å². The molecule has 0 atom stereocenters. The van der Waals surface area contributed by atoms with E-state index in [1.54, 1.807) is 12.1 Å². The predicted molar refractivity (Wildman–Crippen MR) is 113 cm³/mol. The molecule has 4 nitrogen and oxygen atoms in total. The van der Waals surface area contributed by atoms with Gasteiger partial charge in [-0.2, -0.15) is 0 Å². The fourth-order valence-electron chi connectivity index (χ4n) is 3.23. The molecule has 0 N–H and O–H groups in total. The van der Waals surface area contributed by atoms with Crippen molar-refractivity contribution in [1.29, 1.82) is 0 Å². The van der Waals surface area contributed by atoms with Crippen molar-refractivity contribution in [2.24, 2.45) is 4.99 Å². The molecule has 0 aliphatic carbocycles.